The van der Waals surface area contributed by atoms with Gasteiger partial charge in [-0.05, 0) is 6.92 Å². The minimum absolute atomic E-state index is 0.0382. The molecule has 0 unspecified atom stereocenters. The summed E-state index contributed by atoms with van der Waals surface area (Å²) in [5, 5.41) is 9.80. The minimum atomic E-state index is -3.55. The molecule has 0 aliphatic carbocycles. The SMILES string of the molecule is C=CS(=O)(=O)c1nnc(C)c2ccccc12. The highest BCUT2D eigenvalue weighted by atomic mass is 32.2. The van der Waals surface area contributed by atoms with Gasteiger partial charge in [0.05, 0.1) is 5.69 Å². The molecule has 0 N–H and O–H groups in total. The van der Waals surface area contributed by atoms with Crippen molar-refractivity contribution in [3.63, 3.8) is 0 Å². The highest BCUT2D eigenvalue weighted by Crippen LogP contribution is 2.22. The maximum absolute atomic E-state index is 11.7. The van der Waals surface area contributed by atoms with Crippen LogP contribution in [0.15, 0.2) is 41.3 Å². The average Bonchev–Trinajstić information content (AvgIpc) is 2.29. The second kappa shape index (κ2) is 3.68. The third-order valence-electron chi connectivity index (χ3n) is 2.33. The predicted octanol–water partition coefficient (Wildman–Crippen LogP) is 1.86. The van der Waals surface area contributed by atoms with E-state index < -0.39 is 9.84 Å². The van der Waals surface area contributed by atoms with Gasteiger partial charge in [0.15, 0.2) is 5.03 Å². The van der Waals surface area contributed by atoms with Gasteiger partial charge in [0, 0.05) is 16.2 Å². The van der Waals surface area contributed by atoms with E-state index in [1.165, 1.54) is 0 Å². The van der Waals surface area contributed by atoms with Crippen molar-refractivity contribution in [2.24, 2.45) is 0 Å². The number of aromatic nitrogens is 2. The lowest BCUT2D eigenvalue weighted by molar-refractivity contribution is 0.600. The molecule has 1 aromatic carbocycles. The summed E-state index contributed by atoms with van der Waals surface area (Å²) in [7, 11) is -3.55. The van der Waals surface area contributed by atoms with Crippen molar-refractivity contribution in [1.29, 1.82) is 0 Å². The summed E-state index contributed by atoms with van der Waals surface area (Å²) >= 11 is 0. The van der Waals surface area contributed by atoms with Gasteiger partial charge < -0.3 is 0 Å². The Labute approximate surface area is 93.6 Å². The van der Waals surface area contributed by atoms with Gasteiger partial charge in [-0.1, -0.05) is 30.8 Å². The zero-order chi connectivity index (χ0) is 11.8. The van der Waals surface area contributed by atoms with Crippen LogP contribution in [0.3, 0.4) is 0 Å². The van der Waals surface area contributed by atoms with Gasteiger partial charge in [-0.25, -0.2) is 8.42 Å². The average molecular weight is 234 g/mol. The number of sulfone groups is 1. The number of rotatable bonds is 2. The normalized spacial score (nSPS) is 11.6. The Kier molecular flexibility index (Phi) is 2.47. The summed E-state index contributed by atoms with van der Waals surface area (Å²) in [4.78, 5) is 0. The van der Waals surface area contributed by atoms with Crippen molar-refractivity contribution in [3.05, 3.63) is 41.9 Å². The van der Waals surface area contributed by atoms with E-state index in [4.69, 9.17) is 0 Å². The fourth-order valence-corrected chi connectivity index (χ4v) is 2.30. The number of nitrogens with zero attached hydrogens (tertiary/aromatic N) is 2. The molecule has 4 nitrogen and oxygen atoms in total. The number of hydrogen-bond acceptors (Lipinski definition) is 4. The summed E-state index contributed by atoms with van der Waals surface area (Å²) in [6, 6.07) is 7.14. The van der Waals surface area contributed by atoms with Crippen LogP contribution in [0.2, 0.25) is 0 Å². The minimum Gasteiger partial charge on any atom is -0.217 e. The molecule has 0 aliphatic heterocycles. The standard InChI is InChI=1S/C11H10N2O2S/c1-3-16(14,15)11-10-7-5-4-6-9(10)8(2)12-13-11/h3-7H,1H2,2H3. The highest BCUT2D eigenvalue weighted by molar-refractivity contribution is 7.94. The quantitative estimate of drug-likeness (QED) is 0.795. The van der Waals surface area contributed by atoms with Gasteiger partial charge in [-0.15, -0.1) is 5.10 Å². The Morgan fingerprint density at radius 3 is 2.44 bits per heavy atom. The Balaban J connectivity index is 2.94. The molecule has 0 fully saturated rings. The molecule has 0 bridgehead atoms. The number of fused-ring (bicyclic) bond motifs is 1. The molecule has 82 valence electrons. The predicted molar refractivity (Wildman–Crippen MR) is 61.7 cm³/mol. The molecule has 2 aromatic rings. The molecule has 1 aromatic heterocycles. The monoisotopic (exact) mass is 234 g/mol. The van der Waals surface area contributed by atoms with Crippen LogP contribution < -0.4 is 0 Å². The largest absolute Gasteiger partial charge is 0.218 e. The lowest BCUT2D eigenvalue weighted by Gasteiger charge is -2.04. The number of benzene rings is 1. The Morgan fingerprint density at radius 1 is 1.19 bits per heavy atom. The van der Waals surface area contributed by atoms with Gasteiger partial charge >= 0.3 is 0 Å². The fourth-order valence-electron chi connectivity index (χ4n) is 1.50. The first-order valence-electron chi connectivity index (χ1n) is 4.66. The van der Waals surface area contributed by atoms with Crippen molar-refractivity contribution < 1.29 is 8.42 Å². The summed E-state index contributed by atoms with van der Waals surface area (Å²) in [6.45, 7) is 5.07. The molecule has 0 atom stereocenters. The van der Waals surface area contributed by atoms with Crippen molar-refractivity contribution >= 4 is 20.6 Å². The third kappa shape index (κ3) is 1.59. The van der Waals surface area contributed by atoms with Gasteiger partial charge in [0.25, 0.3) is 0 Å². The Hall–Kier alpha value is -1.75. The van der Waals surface area contributed by atoms with Gasteiger partial charge in [-0.3, -0.25) is 0 Å². The van der Waals surface area contributed by atoms with E-state index in [-0.39, 0.29) is 5.03 Å². The van der Waals surface area contributed by atoms with Crippen LogP contribution >= 0.6 is 0 Å². The van der Waals surface area contributed by atoms with Crippen molar-refractivity contribution in [2.45, 2.75) is 11.9 Å². The molecule has 0 saturated carbocycles. The third-order valence-corrected chi connectivity index (χ3v) is 3.61. The van der Waals surface area contributed by atoms with E-state index in [2.05, 4.69) is 16.8 Å². The lowest BCUT2D eigenvalue weighted by atomic mass is 10.1. The zero-order valence-electron chi connectivity index (χ0n) is 8.71. The fraction of sp³-hybridized carbons (Fsp3) is 0.0909. The summed E-state index contributed by atoms with van der Waals surface area (Å²) in [5.74, 6) is 0. The molecular weight excluding hydrogens is 224 g/mol. The van der Waals surface area contributed by atoms with E-state index in [0.29, 0.717) is 11.1 Å². The molecule has 0 saturated heterocycles. The van der Waals surface area contributed by atoms with E-state index in [0.717, 1.165) is 10.8 Å². The zero-order valence-corrected chi connectivity index (χ0v) is 9.53. The summed E-state index contributed by atoms with van der Waals surface area (Å²) in [6.07, 6.45) is 0. The van der Waals surface area contributed by atoms with Crippen molar-refractivity contribution in [1.82, 2.24) is 10.2 Å². The summed E-state index contributed by atoms with van der Waals surface area (Å²) < 4.78 is 23.4. The van der Waals surface area contributed by atoms with Crippen LogP contribution in [0.1, 0.15) is 5.69 Å². The first kappa shape index (κ1) is 10.8. The van der Waals surface area contributed by atoms with Gasteiger partial charge in [0.1, 0.15) is 0 Å². The maximum Gasteiger partial charge on any atom is 0.218 e. The molecule has 16 heavy (non-hydrogen) atoms. The van der Waals surface area contributed by atoms with E-state index in [9.17, 15) is 8.42 Å². The molecule has 0 radical (unpaired) electrons. The van der Waals surface area contributed by atoms with Crippen LogP contribution in [0.4, 0.5) is 0 Å². The number of aryl methyl sites for hydroxylation is 1. The first-order valence-corrected chi connectivity index (χ1v) is 6.20. The molecule has 0 aliphatic rings. The molecule has 2 rings (SSSR count). The molecule has 1 heterocycles. The van der Waals surface area contributed by atoms with Crippen molar-refractivity contribution in [2.75, 3.05) is 0 Å². The second-order valence-electron chi connectivity index (χ2n) is 3.35. The molecule has 0 amide bonds. The summed E-state index contributed by atoms with van der Waals surface area (Å²) in [5.41, 5.74) is 0.707. The Morgan fingerprint density at radius 2 is 1.81 bits per heavy atom. The molecular formula is C11H10N2O2S. The van der Waals surface area contributed by atoms with Crippen molar-refractivity contribution in [3.8, 4) is 0 Å². The van der Waals surface area contributed by atoms with Crippen LogP contribution in [0, 0.1) is 6.92 Å². The van der Waals surface area contributed by atoms with Crippen LogP contribution in [-0.4, -0.2) is 18.6 Å². The maximum atomic E-state index is 11.7. The number of hydrogen-bond donors (Lipinski definition) is 0. The van der Waals surface area contributed by atoms with Gasteiger partial charge in [0.2, 0.25) is 9.84 Å². The topological polar surface area (TPSA) is 59.9 Å². The second-order valence-corrected chi connectivity index (χ2v) is 5.16. The first-order chi connectivity index (χ1) is 7.56. The van der Waals surface area contributed by atoms with Crippen LogP contribution in [0.5, 0.6) is 0 Å². The van der Waals surface area contributed by atoms with Gasteiger partial charge in [-0.2, -0.15) is 5.10 Å². The molecule has 0 spiro atoms. The van der Waals surface area contributed by atoms with E-state index >= 15 is 0 Å². The van der Waals surface area contributed by atoms with Crippen LogP contribution in [-0.2, 0) is 9.84 Å². The Bertz CT molecular complexity index is 663. The van der Waals surface area contributed by atoms with Crippen LogP contribution in [0.25, 0.3) is 10.8 Å². The van der Waals surface area contributed by atoms with E-state index in [1.807, 2.05) is 12.1 Å². The highest BCUT2D eigenvalue weighted by Gasteiger charge is 2.17. The molecule has 5 heteroatoms. The smallest absolute Gasteiger partial charge is 0.217 e. The lowest BCUT2D eigenvalue weighted by Crippen LogP contribution is -2.03. The van der Waals surface area contributed by atoms with E-state index in [1.54, 1.807) is 19.1 Å².